The normalized spacial score (nSPS) is 10.3. The van der Waals surface area contributed by atoms with E-state index < -0.39 is 5.97 Å². The van der Waals surface area contributed by atoms with E-state index in [0.29, 0.717) is 13.2 Å². The lowest BCUT2D eigenvalue weighted by molar-refractivity contribution is 0.0698. The van der Waals surface area contributed by atoms with Gasteiger partial charge in [-0.05, 0) is 32.0 Å². The average molecular weight is 252 g/mol. The topological polar surface area (TPSA) is 75.8 Å². The van der Waals surface area contributed by atoms with Crippen molar-refractivity contribution in [2.75, 3.05) is 36.9 Å². The first kappa shape index (κ1) is 14.3. The summed E-state index contributed by atoms with van der Waals surface area (Å²) in [4.78, 5) is 13.1. The minimum absolute atomic E-state index is 0.141. The highest BCUT2D eigenvalue weighted by Crippen LogP contribution is 2.21. The summed E-state index contributed by atoms with van der Waals surface area (Å²) in [5.41, 5.74) is 6.91. The van der Waals surface area contributed by atoms with Crippen molar-refractivity contribution in [2.24, 2.45) is 0 Å². The van der Waals surface area contributed by atoms with Crippen LogP contribution in [0.1, 0.15) is 24.2 Å². The SMILES string of the molecule is CCOCCN(CC)c1ccc(N)c(C(=O)O)c1. The number of ether oxygens (including phenoxy) is 1. The zero-order valence-electron chi connectivity index (χ0n) is 10.8. The van der Waals surface area contributed by atoms with Crippen molar-refractivity contribution >= 4 is 17.3 Å². The molecule has 5 heteroatoms. The Labute approximate surface area is 107 Å². The molecule has 5 nitrogen and oxygen atoms in total. The second-order valence-electron chi connectivity index (χ2n) is 3.85. The molecule has 18 heavy (non-hydrogen) atoms. The van der Waals surface area contributed by atoms with E-state index in [9.17, 15) is 4.79 Å². The third-order valence-corrected chi connectivity index (χ3v) is 2.72. The standard InChI is InChI=1S/C13H20N2O3/c1-3-15(7-8-18-4-2)10-5-6-12(14)11(9-10)13(16)17/h5-6,9H,3-4,7-8,14H2,1-2H3,(H,16,17). The van der Waals surface area contributed by atoms with Gasteiger partial charge in [0, 0.05) is 31.1 Å². The fraction of sp³-hybridized carbons (Fsp3) is 0.462. The summed E-state index contributed by atoms with van der Waals surface area (Å²) in [5.74, 6) is -1.00. The molecular formula is C13H20N2O3. The van der Waals surface area contributed by atoms with Crippen LogP contribution in [-0.4, -0.2) is 37.4 Å². The van der Waals surface area contributed by atoms with Crippen molar-refractivity contribution in [2.45, 2.75) is 13.8 Å². The van der Waals surface area contributed by atoms with Crippen molar-refractivity contribution < 1.29 is 14.6 Å². The highest BCUT2D eigenvalue weighted by Gasteiger charge is 2.11. The number of nitrogens with zero attached hydrogens (tertiary/aromatic N) is 1. The fourth-order valence-corrected chi connectivity index (χ4v) is 1.72. The molecule has 0 fully saturated rings. The van der Waals surface area contributed by atoms with Crippen LogP contribution in [0.4, 0.5) is 11.4 Å². The maximum absolute atomic E-state index is 11.0. The van der Waals surface area contributed by atoms with Gasteiger partial charge >= 0.3 is 5.97 Å². The zero-order chi connectivity index (χ0) is 13.5. The van der Waals surface area contributed by atoms with E-state index in [1.165, 1.54) is 0 Å². The first-order valence-electron chi connectivity index (χ1n) is 6.05. The smallest absolute Gasteiger partial charge is 0.337 e. The molecule has 0 spiro atoms. The van der Waals surface area contributed by atoms with Crippen LogP contribution in [0.15, 0.2) is 18.2 Å². The Hall–Kier alpha value is -1.75. The number of benzene rings is 1. The van der Waals surface area contributed by atoms with Gasteiger partial charge in [-0.2, -0.15) is 0 Å². The van der Waals surface area contributed by atoms with Crippen LogP contribution in [0.3, 0.4) is 0 Å². The Morgan fingerprint density at radius 3 is 2.72 bits per heavy atom. The lowest BCUT2D eigenvalue weighted by Crippen LogP contribution is -2.27. The monoisotopic (exact) mass is 252 g/mol. The lowest BCUT2D eigenvalue weighted by atomic mass is 10.1. The van der Waals surface area contributed by atoms with Crippen LogP contribution < -0.4 is 10.6 Å². The quantitative estimate of drug-likeness (QED) is 0.572. The Kier molecular flexibility index (Phi) is 5.45. The third kappa shape index (κ3) is 3.63. The molecule has 0 aromatic heterocycles. The Balaban J connectivity index is 2.85. The summed E-state index contributed by atoms with van der Waals surface area (Å²) in [5, 5.41) is 9.04. The molecule has 0 heterocycles. The van der Waals surface area contributed by atoms with Crippen LogP contribution in [0.25, 0.3) is 0 Å². The largest absolute Gasteiger partial charge is 0.478 e. The molecule has 0 aliphatic heterocycles. The molecule has 0 saturated carbocycles. The predicted octanol–water partition coefficient (Wildman–Crippen LogP) is 1.83. The van der Waals surface area contributed by atoms with Gasteiger partial charge in [0.05, 0.1) is 12.2 Å². The molecular weight excluding hydrogens is 232 g/mol. The van der Waals surface area contributed by atoms with Gasteiger partial charge in [0.1, 0.15) is 0 Å². The molecule has 3 N–H and O–H groups in total. The zero-order valence-corrected chi connectivity index (χ0v) is 10.8. The minimum Gasteiger partial charge on any atom is -0.478 e. The Morgan fingerprint density at radius 2 is 2.17 bits per heavy atom. The number of hydrogen-bond acceptors (Lipinski definition) is 4. The number of likely N-dealkylation sites (N-methyl/N-ethyl adjacent to an activating group) is 1. The molecule has 0 aliphatic carbocycles. The predicted molar refractivity (Wildman–Crippen MR) is 72.2 cm³/mol. The van der Waals surface area contributed by atoms with Crippen LogP contribution in [0.2, 0.25) is 0 Å². The summed E-state index contributed by atoms with van der Waals surface area (Å²) in [6, 6.07) is 5.06. The van der Waals surface area contributed by atoms with Gasteiger partial charge in [-0.1, -0.05) is 0 Å². The number of carbonyl (C=O) groups is 1. The molecule has 100 valence electrons. The maximum Gasteiger partial charge on any atom is 0.337 e. The third-order valence-electron chi connectivity index (χ3n) is 2.72. The Morgan fingerprint density at radius 1 is 1.44 bits per heavy atom. The number of aromatic carboxylic acids is 1. The van der Waals surface area contributed by atoms with Crippen molar-refractivity contribution in [3.8, 4) is 0 Å². The molecule has 1 aromatic carbocycles. The Bertz CT molecular complexity index is 407. The highest BCUT2D eigenvalue weighted by molar-refractivity contribution is 5.94. The molecule has 0 bridgehead atoms. The lowest BCUT2D eigenvalue weighted by Gasteiger charge is -2.23. The van der Waals surface area contributed by atoms with Crippen molar-refractivity contribution in [3.63, 3.8) is 0 Å². The van der Waals surface area contributed by atoms with Crippen LogP contribution in [0, 0.1) is 0 Å². The van der Waals surface area contributed by atoms with E-state index >= 15 is 0 Å². The van der Waals surface area contributed by atoms with E-state index in [1.54, 1.807) is 12.1 Å². The van der Waals surface area contributed by atoms with Crippen molar-refractivity contribution in [1.82, 2.24) is 0 Å². The van der Waals surface area contributed by atoms with E-state index in [1.807, 2.05) is 19.9 Å². The summed E-state index contributed by atoms with van der Waals surface area (Å²) >= 11 is 0. The number of nitrogens with two attached hydrogens (primary N) is 1. The maximum atomic E-state index is 11.0. The van der Waals surface area contributed by atoms with Crippen LogP contribution >= 0.6 is 0 Å². The summed E-state index contributed by atoms with van der Waals surface area (Å²) in [6.07, 6.45) is 0. The number of hydrogen-bond donors (Lipinski definition) is 2. The van der Waals surface area contributed by atoms with Crippen molar-refractivity contribution in [3.05, 3.63) is 23.8 Å². The first-order valence-corrected chi connectivity index (χ1v) is 6.05. The minimum atomic E-state index is -1.00. The summed E-state index contributed by atoms with van der Waals surface area (Å²) in [7, 11) is 0. The van der Waals surface area contributed by atoms with Crippen LogP contribution in [-0.2, 0) is 4.74 Å². The second-order valence-corrected chi connectivity index (χ2v) is 3.85. The molecule has 0 unspecified atom stereocenters. The number of anilines is 2. The number of carboxylic acids is 1. The molecule has 0 saturated heterocycles. The summed E-state index contributed by atoms with van der Waals surface area (Å²) < 4.78 is 5.31. The van der Waals surface area contributed by atoms with E-state index in [4.69, 9.17) is 15.6 Å². The molecule has 0 radical (unpaired) electrons. The van der Waals surface area contributed by atoms with E-state index in [-0.39, 0.29) is 11.3 Å². The van der Waals surface area contributed by atoms with Gasteiger partial charge in [0.15, 0.2) is 0 Å². The highest BCUT2D eigenvalue weighted by atomic mass is 16.5. The number of carboxylic acid groups (broad SMARTS) is 1. The van der Waals surface area contributed by atoms with Gasteiger partial charge in [-0.3, -0.25) is 0 Å². The molecule has 0 aliphatic rings. The fourth-order valence-electron chi connectivity index (χ4n) is 1.72. The van der Waals surface area contributed by atoms with Gasteiger partial charge in [-0.25, -0.2) is 4.79 Å². The average Bonchev–Trinajstić information content (AvgIpc) is 2.35. The van der Waals surface area contributed by atoms with E-state index in [2.05, 4.69) is 4.90 Å². The van der Waals surface area contributed by atoms with Gasteiger partial charge in [0.25, 0.3) is 0 Å². The summed E-state index contributed by atoms with van der Waals surface area (Å²) in [6.45, 7) is 6.78. The van der Waals surface area contributed by atoms with Gasteiger partial charge in [0.2, 0.25) is 0 Å². The molecule has 0 amide bonds. The van der Waals surface area contributed by atoms with E-state index in [0.717, 1.165) is 18.8 Å². The molecule has 0 atom stereocenters. The molecule has 1 rings (SSSR count). The van der Waals surface area contributed by atoms with Gasteiger partial charge in [-0.15, -0.1) is 0 Å². The van der Waals surface area contributed by atoms with Gasteiger partial charge < -0.3 is 20.5 Å². The second kappa shape index (κ2) is 6.86. The van der Waals surface area contributed by atoms with Crippen molar-refractivity contribution in [1.29, 1.82) is 0 Å². The number of rotatable bonds is 7. The van der Waals surface area contributed by atoms with Crippen LogP contribution in [0.5, 0.6) is 0 Å². The number of nitrogen functional groups attached to an aromatic ring is 1. The first-order chi connectivity index (χ1) is 8.60. The molecule has 1 aromatic rings.